The van der Waals surface area contributed by atoms with Gasteiger partial charge in [0.2, 0.25) is 10.0 Å². The Morgan fingerprint density at radius 2 is 1.93 bits per heavy atom. The topological polar surface area (TPSA) is 132 Å². The number of benzene rings is 1. The van der Waals surface area contributed by atoms with Crippen LogP contribution in [-0.4, -0.2) is 36.2 Å². The van der Waals surface area contributed by atoms with Crippen LogP contribution in [-0.2, 0) is 14.8 Å². The number of carbonyl (C=O) groups excluding carboxylic acids is 1. The van der Waals surface area contributed by atoms with Crippen LogP contribution in [0.5, 0.6) is 5.75 Å². The number of nitrogens with two attached hydrogens (primary N) is 1. The molecule has 1 amide bonds. The van der Waals surface area contributed by atoms with Crippen molar-refractivity contribution in [1.29, 1.82) is 0 Å². The summed E-state index contributed by atoms with van der Waals surface area (Å²) in [6, 6.07) is 4.33. The van der Waals surface area contributed by atoms with Crippen molar-refractivity contribution in [2.75, 3.05) is 0 Å². The quantitative estimate of drug-likeness (QED) is 0.632. The molecule has 4 N–H and O–H groups in total. The fourth-order valence-corrected chi connectivity index (χ4v) is 6.44. The Morgan fingerprint density at radius 1 is 1.27 bits per heavy atom. The van der Waals surface area contributed by atoms with Gasteiger partial charge in [0.1, 0.15) is 11.9 Å². The van der Waals surface area contributed by atoms with Crippen molar-refractivity contribution in [3.63, 3.8) is 0 Å². The predicted octanol–water partition coefficient (Wildman–Crippen LogP) is 3.71. The molecule has 0 aliphatic heterocycles. The first-order valence-electron chi connectivity index (χ1n) is 9.74. The molecule has 1 saturated carbocycles. The van der Waals surface area contributed by atoms with Gasteiger partial charge in [-0.05, 0) is 58.6 Å². The molecule has 1 aliphatic carbocycles. The highest BCUT2D eigenvalue weighted by molar-refractivity contribution is 7.89. The molecule has 0 atom stereocenters. The number of hydrogen-bond acceptors (Lipinski definition) is 7. The van der Waals surface area contributed by atoms with Crippen LogP contribution in [0.4, 0.5) is 4.79 Å². The second-order valence-corrected chi connectivity index (χ2v) is 11.2. The normalized spacial score (nSPS) is 20.1. The lowest BCUT2D eigenvalue weighted by atomic mass is 9.88. The fourth-order valence-electron chi connectivity index (χ4n) is 3.59. The Labute approximate surface area is 180 Å². The SMILES string of the molecule is CC(C)(C)NS(=O)(=O)c1cc(O)ccc1-c1cnc(C2CCC(OC(N)=O)CC2)s1. The van der Waals surface area contributed by atoms with Crippen molar-refractivity contribution in [3.8, 4) is 16.2 Å². The number of nitrogens with one attached hydrogen (secondary N) is 1. The molecule has 1 aromatic carbocycles. The first kappa shape index (κ1) is 22.5. The van der Waals surface area contributed by atoms with E-state index in [2.05, 4.69) is 9.71 Å². The number of sulfonamides is 1. The number of thiazole rings is 1. The molecule has 0 saturated heterocycles. The summed E-state index contributed by atoms with van der Waals surface area (Å²) in [4.78, 5) is 16.2. The summed E-state index contributed by atoms with van der Waals surface area (Å²) in [5.74, 6) is 0.104. The summed E-state index contributed by atoms with van der Waals surface area (Å²) < 4.78 is 33.6. The van der Waals surface area contributed by atoms with Crippen LogP contribution in [0.1, 0.15) is 57.4 Å². The second-order valence-electron chi connectivity index (χ2n) is 8.51. The molecule has 2 aromatic rings. The highest BCUT2D eigenvalue weighted by atomic mass is 32.2. The molecule has 0 unspecified atom stereocenters. The summed E-state index contributed by atoms with van der Waals surface area (Å²) in [5.41, 5.74) is 4.93. The molecule has 1 aromatic heterocycles. The number of nitrogens with zero attached hydrogens (tertiary/aromatic N) is 1. The number of phenolic OH excluding ortho intramolecular Hbond substituents is 1. The van der Waals surface area contributed by atoms with Gasteiger partial charge in [0.15, 0.2) is 0 Å². The number of amides is 1. The molecule has 3 rings (SSSR count). The van der Waals surface area contributed by atoms with Gasteiger partial charge in [-0.3, -0.25) is 0 Å². The maximum absolute atomic E-state index is 12.9. The summed E-state index contributed by atoms with van der Waals surface area (Å²) >= 11 is 1.44. The van der Waals surface area contributed by atoms with E-state index < -0.39 is 21.7 Å². The smallest absolute Gasteiger partial charge is 0.404 e. The zero-order valence-corrected chi connectivity index (χ0v) is 18.8. The molecular weight excluding hydrogens is 426 g/mol. The van der Waals surface area contributed by atoms with Crippen LogP contribution in [0, 0.1) is 0 Å². The minimum Gasteiger partial charge on any atom is -0.508 e. The van der Waals surface area contributed by atoms with Gasteiger partial charge in [-0.15, -0.1) is 11.3 Å². The minimum absolute atomic E-state index is 0.0196. The van der Waals surface area contributed by atoms with Crippen LogP contribution in [0.3, 0.4) is 0 Å². The molecule has 1 heterocycles. The van der Waals surface area contributed by atoms with E-state index in [1.807, 2.05) is 0 Å². The van der Waals surface area contributed by atoms with E-state index in [-0.39, 0.29) is 22.7 Å². The Morgan fingerprint density at radius 3 is 2.53 bits per heavy atom. The Hall–Kier alpha value is -2.17. The standard InChI is InChI=1S/C20H27N3O5S2/c1-20(2,3)23-30(26,27)17-10-13(24)6-9-15(17)16-11-22-18(29-16)12-4-7-14(8-5-12)28-19(21)25/h6,9-12,14,23-24H,4-5,7-8H2,1-3H3,(H2,21,25). The lowest BCUT2D eigenvalue weighted by Gasteiger charge is -2.26. The van der Waals surface area contributed by atoms with Crippen LogP contribution >= 0.6 is 11.3 Å². The Kier molecular flexibility index (Phi) is 6.40. The van der Waals surface area contributed by atoms with E-state index in [1.54, 1.807) is 33.0 Å². The molecule has 0 spiro atoms. The van der Waals surface area contributed by atoms with Gasteiger partial charge < -0.3 is 15.6 Å². The number of phenols is 1. The van der Waals surface area contributed by atoms with Crippen molar-refractivity contribution >= 4 is 27.5 Å². The van der Waals surface area contributed by atoms with Gasteiger partial charge in [-0.25, -0.2) is 22.9 Å². The summed E-state index contributed by atoms with van der Waals surface area (Å²) in [7, 11) is -3.85. The Balaban J connectivity index is 1.85. The third-order valence-corrected chi connectivity index (χ3v) is 7.78. The van der Waals surface area contributed by atoms with Crippen LogP contribution < -0.4 is 10.5 Å². The molecule has 0 radical (unpaired) electrons. The van der Waals surface area contributed by atoms with Crippen LogP contribution in [0.25, 0.3) is 10.4 Å². The van der Waals surface area contributed by atoms with Gasteiger partial charge in [-0.1, -0.05) is 0 Å². The number of rotatable bonds is 5. The third kappa shape index (κ3) is 5.50. The maximum Gasteiger partial charge on any atom is 0.404 e. The zero-order valence-electron chi connectivity index (χ0n) is 17.2. The third-order valence-electron chi connectivity index (χ3n) is 4.79. The predicted molar refractivity (Wildman–Crippen MR) is 115 cm³/mol. The number of carbonyl (C=O) groups is 1. The molecular formula is C20H27N3O5S2. The lowest BCUT2D eigenvalue weighted by molar-refractivity contribution is 0.0787. The molecule has 164 valence electrons. The van der Waals surface area contributed by atoms with Gasteiger partial charge in [0.05, 0.1) is 14.8 Å². The van der Waals surface area contributed by atoms with Gasteiger partial charge in [-0.2, -0.15) is 0 Å². The van der Waals surface area contributed by atoms with Crippen molar-refractivity contribution in [3.05, 3.63) is 29.4 Å². The van der Waals surface area contributed by atoms with E-state index in [0.717, 1.165) is 35.6 Å². The molecule has 8 nitrogen and oxygen atoms in total. The number of primary amides is 1. The van der Waals surface area contributed by atoms with E-state index in [0.29, 0.717) is 5.56 Å². The average Bonchev–Trinajstić information content (AvgIpc) is 3.09. The van der Waals surface area contributed by atoms with Crippen molar-refractivity contribution in [2.24, 2.45) is 5.73 Å². The lowest BCUT2D eigenvalue weighted by Crippen LogP contribution is -2.40. The van der Waals surface area contributed by atoms with E-state index in [9.17, 15) is 18.3 Å². The van der Waals surface area contributed by atoms with Crippen molar-refractivity contribution in [1.82, 2.24) is 9.71 Å². The van der Waals surface area contributed by atoms with Gasteiger partial charge >= 0.3 is 6.09 Å². The van der Waals surface area contributed by atoms with Crippen LogP contribution in [0.2, 0.25) is 0 Å². The highest BCUT2D eigenvalue weighted by Crippen LogP contribution is 2.40. The number of aromatic nitrogens is 1. The molecule has 0 bridgehead atoms. The van der Waals surface area contributed by atoms with Gasteiger partial charge in [0.25, 0.3) is 0 Å². The van der Waals surface area contributed by atoms with E-state index >= 15 is 0 Å². The number of ether oxygens (including phenoxy) is 1. The van der Waals surface area contributed by atoms with Gasteiger partial charge in [0, 0.05) is 29.3 Å². The zero-order chi connectivity index (χ0) is 22.1. The molecule has 1 aliphatic rings. The fraction of sp³-hybridized carbons (Fsp3) is 0.500. The van der Waals surface area contributed by atoms with E-state index in [1.165, 1.54) is 23.5 Å². The number of aromatic hydroxyl groups is 1. The van der Waals surface area contributed by atoms with Crippen molar-refractivity contribution in [2.45, 2.75) is 68.9 Å². The first-order chi connectivity index (χ1) is 13.9. The largest absolute Gasteiger partial charge is 0.508 e. The minimum atomic E-state index is -3.85. The maximum atomic E-state index is 12.9. The molecule has 30 heavy (non-hydrogen) atoms. The van der Waals surface area contributed by atoms with Crippen LogP contribution in [0.15, 0.2) is 29.3 Å². The monoisotopic (exact) mass is 453 g/mol. The summed E-state index contributed by atoms with van der Waals surface area (Å²) in [5, 5.41) is 10.8. The average molecular weight is 454 g/mol. The van der Waals surface area contributed by atoms with Crippen molar-refractivity contribution < 1.29 is 23.1 Å². The summed E-state index contributed by atoms with van der Waals surface area (Å²) in [6.45, 7) is 5.28. The van der Waals surface area contributed by atoms with E-state index in [4.69, 9.17) is 10.5 Å². The molecule has 10 heteroatoms. The second kappa shape index (κ2) is 8.52. The number of hydrogen-bond donors (Lipinski definition) is 3. The Bertz CT molecular complexity index is 1020. The first-order valence-corrected chi connectivity index (χ1v) is 12.0. The highest BCUT2D eigenvalue weighted by Gasteiger charge is 2.29. The summed E-state index contributed by atoms with van der Waals surface area (Å²) in [6.07, 6.45) is 3.84. The molecule has 1 fully saturated rings.